The first-order valence-electron chi connectivity index (χ1n) is 6.03. The number of hydrogen-bond donors (Lipinski definition) is 3. The number of anilines is 2. The van der Waals surface area contributed by atoms with Gasteiger partial charge in [-0.3, -0.25) is 0 Å². The van der Waals surface area contributed by atoms with Gasteiger partial charge in [0.1, 0.15) is 17.5 Å². The molecule has 1 aromatic heterocycles. The van der Waals surface area contributed by atoms with Crippen molar-refractivity contribution in [2.45, 2.75) is 39.7 Å². The van der Waals surface area contributed by atoms with Crippen LogP contribution in [0.25, 0.3) is 0 Å². The third-order valence-electron chi connectivity index (χ3n) is 2.62. The Morgan fingerprint density at radius 1 is 1.24 bits per heavy atom. The summed E-state index contributed by atoms with van der Waals surface area (Å²) in [5, 5.41) is 15.9. The molecule has 0 aliphatic rings. The lowest BCUT2D eigenvalue weighted by Gasteiger charge is -2.15. The van der Waals surface area contributed by atoms with Crippen molar-refractivity contribution >= 4 is 11.6 Å². The van der Waals surface area contributed by atoms with E-state index < -0.39 is 0 Å². The monoisotopic (exact) mass is 238 g/mol. The average molecular weight is 238 g/mol. The third-order valence-corrected chi connectivity index (χ3v) is 2.62. The summed E-state index contributed by atoms with van der Waals surface area (Å²) in [6.45, 7) is 6.39. The zero-order valence-corrected chi connectivity index (χ0v) is 11.0. The van der Waals surface area contributed by atoms with Crippen LogP contribution in [0.4, 0.5) is 11.6 Å². The van der Waals surface area contributed by atoms with Crippen LogP contribution in [0.3, 0.4) is 0 Å². The molecular formula is C12H22N4O. The molecule has 0 radical (unpaired) electrons. The van der Waals surface area contributed by atoms with Crippen LogP contribution in [0.1, 0.15) is 31.2 Å². The van der Waals surface area contributed by atoms with Crippen molar-refractivity contribution in [3.63, 3.8) is 0 Å². The summed E-state index contributed by atoms with van der Waals surface area (Å²) in [6, 6.07) is 0. The van der Waals surface area contributed by atoms with E-state index in [-0.39, 0.29) is 6.10 Å². The van der Waals surface area contributed by atoms with Crippen LogP contribution in [0.2, 0.25) is 0 Å². The Kier molecular flexibility index (Phi) is 5.15. The largest absolute Gasteiger partial charge is 0.391 e. The van der Waals surface area contributed by atoms with Crippen LogP contribution < -0.4 is 10.6 Å². The van der Waals surface area contributed by atoms with Gasteiger partial charge in [0.05, 0.1) is 6.10 Å². The Bertz CT molecular complexity index is 368. The summed E-state index contributed by atoms with van der Waals surface area (Å²) in [5.74, 6) is 2.33. The number of aromatic nitrogens is 2. The number of aliphatic hydroxyl groups is 1. The van der Waals surface area contributed by atoms with Gasteiger partial charge in [-0.2, -0.15) is 0 Å². The molecule has 5 nitrogen and oxygen atoms in total. The first kappa shape index (κ1) is 13.7. The fourth-order valence-electron chi connectivity index (χ4n) is 1.69. The van der Waals surface area contributed by atoms with E-state index in [9.17, 15) is 5.11 Å². The van der Waals surface area contributed by atoms with Crippen LogP contribution in [0.15, 0.2) is 0 Å². The Labute approximate surface area is 103 Å². The van der Waals surface area contributed by atoms with Crippen LogP contribution in [0.5, 0.6) is 0 Å². The highest BCUT2D eigenvalue weighted by atomic mass is 16.3. The molecule has 1 atom stereocenters. The zero-order chi connectivity index (χ0) is 12.8. The molecule has 0 aromatic carbocycles. The number of aryl methyl sites for hydroxylation is 1. The van der Waals surface area contributed by atoms with E-state index in [1.807, 2.05) is 20.9 Å². The Balaban J connectivity index is 2.73. The van der Waals surface area contributed by atoms with Gasteiger partial charge in [-0.1, -0.05) is 13.3 Å². The van der Waals surface area contributed by atoms with E-state index in [2.05, 4.69) is 27.5 Å². The maximum Gasteiger partial charge on any atom is 0.134 e. The van der Waals surface area contributed by atoms with Gasteiger partial charge in [0.15, 0.2) is 0 Å². The van der Waals surface area contributed by atoms with E-state index in [1.165, 1.54) is 0 Å². The predicted octanol–water partition coefficient (Wildman–Crippen LogP) is 1.71. The maximum absolute atomic E-state index is 9.68. The summed E-state index contributed by atoms with van der Waals surface area (Å²) >= 11 is 0. The molecule has 0 aliphatic carbocycles. The lowest BCUT2D eigenvalue weighted by Crippen LogP contribution is -2.20. The van der Waals surface area contributed by atoms with Crippen LogP contribution >= 0.6 is 0 Å². The van der Waals surface area contributed by atoms with Crippen LogP contribution in [0, 0.1) is 13.8 Å². The van der Waals surface area contributed by atoms with E-state index in [1.54, 1.807) is 0 Å². The van der Waals surface area contributed by atoms with Crippen molar-refractivity contribution in [2.24, 2.45) is 0 Å². The Morgan fingerprint density at radius 3 is 2.47 bits per heavy atom. The molecule has 0 saturated carbocycles. The zero-order valence-electron chi connectivity index (χ0n) is 11.0. The molecule has 0 bridgehead atoms. The lowest BCUT2D eigenvalue weighted by molar-refractivity contribution is 0.176. The average Bonchev–Trinajstić information content (AvgIpc) is 2.30. The number of hydrogen-bond acceptors (Lipinski definition) is 5. The molecule has 5 heteroatoms. The van der Waals surface area contributed by atoms with Crippen LogP contribution in [-0.2, 0) is 0 Å². The summed E-state index contributed by atoms with van der Waals surface area (Å²) < 4.78 is 0. The van der Waals surface area contributed by atoms with Crippen molar-refractivity contribution in [3.8, 4) is 0 Å². The van der Waals surface area contributed by atoms with Crippen molar-refractivity contribution in [3.05, 3.63) is 11.4 Å². The number of nitrogens with one attached hydrogen (secondary N) is 2. The molecule has 0 aliphatic heterocycles. The molecule has 3 N–H and O–H groups in total. The van der Waals surface area contributed by atoms with Crippen molar-refractivity contribution in [1.29, 1.82) is 0 Å². The first-order chi connectivity index (χ1) is 8.08. The second kappa shape index (κ2) is 6.39. The van der Waals surface area contributed by atoms with E-state index in [0.717, 1.165) is 30.0 Å². The Hall–Kier alpha value is -1.36. The molecule has 96 valence electrons. The quantitative estimate of drug-likeness (QED) is 0.704. The smallest absolute Gasteiger partial charge is 0.134 e. The molecule has 1 aromatic rings. The van der Waals surface area contributed by atoms with Crippen molar-refractivity contribution in [2.75, 3.05) is 24.2 Å². The highest BCUT2D eigenvalue weighted by Gasteiger charge is 2.09. The standard InChI is InChI=1S/C12H22N4O/c1-5-6-10(17)7-14-12-8(2)11(13-4)15-9(3)16-12/h10,17H,5-7H2,1-4H3,(H2,13,14,15,16). The SMILES string of the molecule is CCCC(O)CNc1nc(C)nc(NC)c1C. The van der Waals surface area contributed by atoms with Gasteiger partial charge >= 0.3 is 0 Å². The lowest BCUT2D eigenvalue weighted by atomic mass is 10.2. The minimum Gasteiger partial charge on any atom is -0.391 e. The number of aliphatic hydroxyl groups excluding tert-OH is 1. The molecule has 0 fully saturated rings. The topological polar surface area (TPSA) is 70.1 Å². The second-order valence-corrected chi connectivity index (χ2v) is 4.17. The normalized spacial score (nSPS) is 12.3. The fraction of sp³-hybridized carbons (Fsp3) is 0.667. The third kappa shape index (κ3) is 3.85. The minimum absolute atomic E-state index is 0.326. The number of nitrogens with zero attached hydrogens (tertiary/aromatic N) is 2. The van der Waals surface area contributed by atoms with E-state index >= 15 is 0 Å². The second-order valence-electron chi connectivity index (χ2n) is 4.17. The first-order valence-corrected chi connectivity index (χ1v) is 6.03. The van der Waals surface area contributed by atoms with E-state index in [0.29, 0.717) is 12.4 Å². The Morgan fingerprint density at radius 2 is 1.88 bits per heavy atom. The highest BCUT2D eigenvalue weighted by molar-refractivity contribution is 5.56. The molecular weight excluding hydrogens is 216 g/mol. The molecule has 1 heterocycles. The van der Waals surface area contributed by atoms with Gasteiger partial charge in [0.25, 0.3) is 0 Å². The minimum atomic E-state index is -0.326. The predicted molar refractivity (Wildman–Crippen MR) is 70.5 cm³/mol. The van der Waals surface area contributed by atoms with Gasteiger partial charge in [-0.25, -0.2) is 9.97 Å². The summed E-state index contributed by atoms with van der Waals surface area (Å²) in [5.41, 5.74) is 0.974. The van der Waals surface area contributed by atoms with E-state index in [4.69, 9.17) is 0 Å². The summed E-state index contributed by atoms with van der Waals surface area (Å²) in [7, 11) is 1.84. The molecule has 0 saturated heterocycles. The van der Waals surface area contributed by atoms with Gasteiger partial charge in [-0.05, 0) is 20.3 Å². The summed E-state index contributed by atoms with van der Waals surface area (Å²) in [4.78, 5) is 8.63. The molecule has 1 rings (SSSR count). The van der Waals surface area contributed by atoms with Crippen molar-refractivity contribution < 1.29 is 5.11 Å². The fourth-order valence-corrected chi connectivity index (χ4v) is 1.69. The highest BCUT2D eigenvalue weighted by Crippen LogP contribution is 2.19. The summed E-state index contributed by atoms with van der Waals surface area (Å²) in [6.07, 6.45) is 1.45. The molecule has 1 unspecified atom stereocenters. The van der Waals surface area contributed by atoms with Gasteiger partial charge < -0.3 is 15.7 Å². The number of rotatable bonds is 6. The molecule has 17 heavy (non-hydrogen) atoms. The van der Waals surface area contributed by atoms with Gasteiger partial charge in [-0.15, -0.1) is 0 Å². The molecule has 0 amide bonds. The maximum atomic E-state index is 9.68. The van der Waals surface area contributed by atoms with Gasteiger partial charge in [0, 0.05) is 19.2 Å². The van der Waals surface area contributed by atoms with Crippen molar-refractivity contribution in [1.82, 2.24) is 9.97 Å². The van der Waals surface area contributed by atoms with Gasteiger partial charge in [0.2, 0.25) is 0 Å². The van der Waals surface area contributed by atoms with Crippen LogP contribution in [-0.4, -0.2) is 34.8 Å². The molecule has 0 spiro atoms.